The average molecular weight is 1880 g/mol. The lowest BCUT2D eigenvalue weighted by molar-refractivity contribution is 0.358. The Morgan fingerprint density at radius 3 is 0.815 bits per heavy atom. The van der Waals surface area contributed by atoms with Crippen LogP contribution in [0.15, 0.2) is 184 Å². The van der Waals surface area contributed by atoms with Crippen molar-refractivity contribution in [1.82, 2.24) is 73.0 Å². The highest BCUT2D eigenvalue weighted by Gasteiger charge is 2.45. The summed E-state index contributed by atoms with van der Waals surface area (Å²) < 4.78 is 265. The number of sulfonamides is 4. The van der Waals surface area contributed by atoms with Gasteiger partial charge in [-0.15, -0.1) is 0 Å². The number of rotatable bonds is 24. The maximum absolute atomic E-state index is 14.9. The maximum atomic E-state index is 14.9. The molecule has 0 spiro atoms. The van der Waals surface area contributed by atoms with Crippen LogP contribution in [0.5, 0.6) is 0 Å². The van der Waals surface area contributed by atoms with Gasteiger partial charge in [0.25, 0.3) is 0 Å². The third kappa shape index (κ3) is 22.2. The van der Waals surface area contributed by atoms with E-state index in [0.717, 1.165) is 93.3 Å². The lowest BCUT2D eigenvalue weighted by Gasteiger charge is -2.25. The molecule has 4 unspecified atom stereocenters. The van der Waals surface area contributed by atoms with Crippen LogP contribution in [0.4, 0.5) is 43.9 Å². The second-order valence-electron chi connectivity index (χ2n) is 37.3. The van der Waals surface area contributed by atoms with Crippen molar-refractivity contribution < 1.29 is 77.6 Å². The van der Waals surface area contributed by atoms with Crippen LogP contribution in [0.3, 0.4) is 0 Å². The minimum atomic E-state index is -3.96. The van der Waals surface area contributed by atoms with Crippen molar-refractivity contribution in [3.8, 4) is 45.0 Å². The zero-order chi connectivity index (χ0) is 94.8. The van der Waals surface area contributed by atoms with E-state index in [0.29, 0.717) is 62.9 Å². The number of pyridine rings is 3. The van der Waals surface area contributed by atoms with Crippen LogP contribution in [-0.2, 0) is 62.2 Å². The molecule has 4 aliphatic carbocycles. The molecule has 692 valence electrons. The zero-order valence-electron chi connectivity index (χ0n) is 74.5. The number of hydrogen-bond acceptors (Lipinski definition) is 15. The van der Waals surface area contributed by atoms with E-state index < -0.39 is 145 Å². The van der Waals surface area contributed by atoms with Gasteiger partial charge >= 0.3 is 0 Å². The summed E-state index contributed by atoms with van der Waals surface area (Å²) in [7, 11) is -15.6. The van der Waals surface area contributed by atoms with Gasteiger partial charge in [-0.2, -0.15) is 20.4 Å². The van der Waals surface area contributed by atoms with Crippen LogP contribution >= 0.6 is 0 Å². The maximum Gasteiger partial charge on any atom is 0.242 e. The zero-order valence-corrected chi connectivity index (χ0v) is 77.7. The van der Waals surface area contributed by atoms with E-state index in [4.69, 9.17) is 0 Å². The van der Waals surface area contributed by atoms with Gasteiger partial charge in [-0.05, 0) is 277 Å². The molecule has 4 atom stereocenters. The molecule has 37 heteroatoms. The molecule has 7 aromatic heterocycles. The van der Waals surface area contributed by atoms with Crippen LogP contribution in [0.1, 0.15) is 204 Å². The largest absolute Gasteiger partial charge is 0.260 e. The third-order valence-corrected chi connectivity index (χ3v) is 28.1. The normalized spacial score (nSPS) is 15.6. The van der Waals surface area contributed by atoms with Gasteiger partial charge in [0.1, 0.15) is 49.6 Å². The molecule has 16 rings (SSSR count). The van der Waals surface area contributed by atoms with Crippen molar-refractivity contribution in [1.29, 1.82) is 0 Å². The lowest BCUT2D eigenvalue weighted by atomic mass is 9.97. The van der Waals surface area contributed by atoms with Gasteiger partial charge in [0.15, 0.2) is 23.3 Å². The Morgan fingerprint density at radius 1 is 0.285 bits per heavy atom. The first-order valence-electron chi connectivity index (χ1n) is 42.2. The fourth-order valence-corrected chi connectivity index (χ4v) is 20.1. The fourth-order valence-electron chi connectivity index (χ4n) is 15.1. The standard InChI is InChI=1S/C24H26F3N3O2S.C23H25F3N4O2S.2C23H26F2N4O2S/c1-14-5-9-16(10-6-14)33(31,32)29-22(15-7-8-15)18-13-28-30(24(2,3)4)23(18)17-11-20(26)21(27)12-19(17)25;1-13-5-8-15(11-27-13)33(31,32)29-21(14-6-7-14)17-12-28-30(23(2,3)4)22(17)16-9-19(25)20(26)10-18(16)24;1-14-5-9-17(12-26-14)32(30,31)28-21(15-6-7-15)19-13-27-29(23(2,3)4)22(19)18-11-16(24)8-10-20(18)25;1-14-5-9-17(12-26-14)32(30,31)28-21(15-6-7-15)19-13-27-29(23(2,3)4)22(19)18-10-8-16(24)11-20(18)25/h5-6,9-13,15,22,29H,7-8H2,1-4H3;5,8-12,14,21,29H,6-7H2,1-4H3;2*5,8-13,15,21,28H,6-7H2,1-4H3. The first-order chi connectivity index (χ1) is 60.7. The third-order valence-electron chi connectivity index (χ3n) is 22.4. The fraction of sp³-hybridized carbons (Fsp3) is 0.387. The summed E-state index contributed by atoms with van der Waals surface area (Å²) in [5.41, 5.74) is 3.74. The molecule has 4 fully saturated rings. The smallest absolute Gasteiger partial charge is 0.242 e. The molecule has 4 saturated carbocycles. The van der Waals surface area contributed by atoms with E-state index in [2.05, 4.69) is 54.2 Å². The topological polar surface area (TPSA) is 295 Å². The van der Waals surface area contributed by atoms with Crippen molar-refractivity contribution >= 4 is 40.1 Å². The second kappa shape index (κ2) is 37.2. The van der Waals surface area contributed by atoms with Crippen LogP contribution in [0, 0.1) is 110 Å². The van der Waals surface area contributed by atoms with Gasteiger partial charge in [0, 0.05) is 98.4 Å². The molecule has 0 radical (unpaired) electrons. The summed E-state index contributed by atoms with van der Waals surface area (Å²) in [6.07, 6.45) is 16.4. The summed E-state index contributed by atoms with van der Waals surface area (Å²) in [5.74, 6) is -9.43. The van der Waals surface area contributed by atoms with Gasteiger partial charge in [-0.1, -0.05) is 17.7 Å². The quantitative estimate of drug-likeness (QED) is 0.0323. The molecule has 4 aliphatic rings. The predicted octanol–water partition coefficient (Wildman–Crippen LogP) is 19.7. The monoisotopic (exact) mass is 1880 g/mol. The van der Waals surface area contributed by atoms with Crippen LogP contribution in [0.25, 0.3) is 45.0 Å². The molecule has 0 saturated heterocycles. The van der Waals surface area contributed by atoms with E-state index in [-0.39, 0.29) is 76.9 Å². The summed E-state index contributed by atoms with van der Waals surface area (Å²) >= 11 is 0. The van der Waals surface area contributed by atoms with Crippen molar-refractivity contribution in [2.75, 3.05) is 0 Å². The lowest BCUT2D eigenvalue weighted by Crippen LogP contribution is -2.31. The van der Waals surface area contributed by atoms with Gasteiger partial charge in [0.05, 0.1) is 98.8 Å². The summed E-state index contributed by atoms with van der Waals surface area (Å²) in [4.78, 5) is 12.5. The van der Waals surface area contributed by atoms with Crippen LogP contribution in [0.2, 0.25) is 0 Å². The SMILES string of the molecule is Cc1ccc(S(=O)(=O)NC(c2cnn(C(C)(C)C)c2-c2cc(F)c(F)cc2F)C2CC2)cc1.Cc1ccc(S(=O)(=O)NC(c2cnn(C(C)(C)C)c2-c2cc(F)c(F)cc2F)C2CC2)cn1.Cc1ccc(S(=O)(=O)NC(c2cnn(C(C)(C)C)c2-c2cc(F)ccc2F)C2CC2)cn1.Cc1ccc(S(=O)(=O)NC(c2cnn(C(C)(C)C)c2-c2ccc(F)cc2F)C2CC2)cn1. The number of halogens is 10. The Morgan fingerprint density at radius 2 is 0.538 bits per heavy atom. The van der Waals surface area contributed by atoms with Gasteiger partial charge in [0.2, 0.25) is 40.1 Å². The van der Waals surface area contributed by atoms with E-state index >= 15 is 0 Å². The Bertz CT molecular complexity index is 6470. The molecule has 0 amide bonds. The molecule has 130 heavy (non-hydrogen) atoms. The number of aryl methyl sites for hydroxylation is 4. The first-order valence-corrected chi connectivity index (χ1v) is 48.1. The summed E-state index contributed by atoms with van der Waals surface area (Å²) in [6.45, 7) is 29.7. The molecular formula is C93H103F10N15O8S4. The first kappa shape index (κ1) is 96.9. The molecule has 0 aliphatic heterocycles. The van der Waals surface area contributed by atoms with E-state index in [1.54, 1.807) is 72.9 Å². The van der Waals surface area contributed by atoms with E-state index in [1.165, 1.54) is 82.8 Å². The summed E-state index contributed by atoms with van der Waals surface area (Å²) in [5, 5.41) is 17.7. The van der Waals surface area contributed by atoms with E-state index in [1.807, 2.05) is 90.0 Å². The molecule has 23 nitrogen and oxygen atoms in total. The number of benzene rings is 5. The molecule has 12 aromatic rings. The highest BCUT2D eigenvalue weighted by Crippen LogP contribution is 2.51. The minimum Gasteiger partial charge on any atom is -0.260 e. The van der Waals surface area contributed by atoms with Gasteiger partial charge < -0.3 is 0 Å². The number of aromatic nitrogens is 11. The molecule has 0 bridgehead atoms. The summed E-state index contributed by atoms with van der Waals surface area (Å²) in [6, 6.07) is 22.4. The number of nitrogens with one attached hydrogen (secondary N) is 4. The van der Waals surface area contributed by atoms with Crippen molar-refractivity contribution in [2.24, 2.45) is 23.7 Å². The van der Waals surface area contributed by atoms with Crippen molar-refractivity contribution in [2.45, 2.75) is 228 Å². The Kier molecular flexibility index (Phi) is 27.7. The van der Waals surface area contributed by atoms with Crippen molar-refractivity contribution in [3.63, 3.8) is 0 Å². The predicted molar refractivity (Wildman–Crippen MR) is 471 cm³/mol. The van der Waals surface area contributed by atoms with Gasteiger partial charge in [-0.3, -0.25) is 33.7 Å². The second-order valence-corrected chi connectivity index (χ2v) is 44.2. The molecule has 5 aromatic carbocycles. The Labute approximate surface area is 750 Å². The number of hydrogen-bond donors (Lipinski definition) is 4. The highest BCUT2D eigenvalue weighted by atomic mass is 32.2. The Balaban J connectivity index is 0.000000148. The molecule has 4 N–H and O–H groups in total. The van der Waals surface area contributed by atoms with Crippen LogP contribution < -0.4 is 18.9 Å². The average Bonchev–Trinajstić information content (AvgIpc) is 1.59. The van der Waals surface area contributed by atoms with Gasteiger partial charge in [-0.25, -0.2) is 96.5 Å². The number of nitrogens with zero attached hydrogens (tertiary/aromatic N) is 11. The highest BCUT2D eigenvalue weighted by molar-refractivity contribution is 7.90. The molecular weight excluding hydrogens is 1770 g/mol. The Hall–Kier alpha value is -10.7. The van der Waals surface area contributed by atoms with Crippen molar-refractivity contribution in [3.05, 3.63) is 268 Å². The molecule has 7 heterocycles. The van der Waals surface area contributed by atoms with E-state index in [9.17, 15) is 77.6 Å². The van der Waals surface area contributed by atoms with Crippen LogP contribution in [-0.4, -0.2) is 87.7 Å². The minimum absolute atomic E-state index is 0.00233.